The molecule has 0 aliphatic carbocycles. The Morgan fingerprint density at radius 1 is 1.57 bits per heavy atom. The highest BCUT2D eigenvalue weighted by atomic mass is 127. The van der Waals surface area contributed by atoms with Crippen molar-refractivity contribution in [3.05, 3.63) is 0 Å². The minimum atomic E-state index is 0.184. The van der Waals surface area contributed by atoms with Crippen molar-refractivity contribution < 1.29 is 4.79 Å². The predicted octanol–water partition coefficient (Wildman–Crippen LogP) is 1.25. The lowest BCUT2D eigenvalue weighted by molar-refractivity contribution is 0.196. The summed E-state index contributed by atoms with van der Waals surface area (Å²) in [7, 11) is 0. The fraction of sp³-hybridized carbons (Fsp3) is 0.750. The van der Waals surface area contributed by atoms with Crippen LogP contribution in [-0.4, -0.2) is 21.9 Å². The lowest BCUT2D eigenvalue weighted by Crippen LogP contribution is -2.38. The molecule has 1 fully saturated rings. The van der Waals surface area contributed by atoms with Crippen molar-refractivity contribution in [1.82, 2.24) is 4.90 Å². The highest BCUT2D eigenvalue weighted by Crippen LogP contribution is 2.09. The molecule has 1 aliphatic heterocycles. The molecule has 0 bridgehead atoms. The van der Waals surface area contributed by atoms with Gasteiger partial charge in [0.05, 0.1) is 0 Å². The number of halogens is 1. The molecule has 0 unspecified atom stereocenters. The van der Waals surface area contributed by atoms with Gasteiger partial charge in [-0.2, -0.15) is 0 Å². The lowest BCUT2D eigenvalue weighted by atomic mass is 10.2. The maximum atomic E-state index is 10.3. The van der Waals surface area contributed by atoms with E-state index in [9.17, 15) is 4.79 Å². The molecule has 1 saturated heterocycles. The number of carbonyl (C=O) groups excluding carboxylic acids is 1. The minimum absolute atomic E-state index is 0.184. The molecular weight excluding hydrogens is 205 g/mol. The number of carbonyl (C=O) groups is 1. The molecule has 2 nitrogen and oxygen atoms in total. The molecule has 0 N–H and O–H groups in total. The molecular formula is C4H6INO. The van der Waals surface area contributed by atoms with Crippen molar-refractivity contribution in [1.29, 1.82) is 0 Å². The quantitative estimate of drug-likeness (QED) is 0.335. The summed E-state index contributed by atoms with van der Waals surface area (Å²) >= 11 is 1.81. The summed E-state index contributed by atoms with van der Waals surface area (Å²) in [6.07, 6.45) is 1.19. The van der Waals surface area contributed by atoms with Crippen molar-refractivity contribution in [3.8, 4) is 0 Å². The van der Waals surface area contributed by atoms with Crippen molar-refractivity contribution in [2.75, 3.05) is 13.1 Å². The Labute approximate surface area is 56.0 Å². The van der Waals surface area contributed by atoms with E-state index in [2.05, 4.69) is 0 Å². The molecule has 0 radical (unpaired) electrons. The number of amides is 1. The molecule has 1 heterocycles. The van der Waals surface area contributed by atoms with Gasteiger partial charge >= 0.3 is 0 Å². The minimum Gasteiger partial charge on any atom is -0.334 e. The SMILES string of the molecule is O=C(I)N1CCC1. The van der Waals surface area contributed by atoms with Crippen molar-refractivity contribution in [2.45, 2.75) is 6.42 Å². The maximum absolute atomic E-state index is 10.3. The van der Waals surface area contributed by atoms with Crippen molar-refractivity contribution in [2.24, 2.45) is 0 Å². The van der Waals surface area contributed by atoms with Crippen LogP contribution in [-0.2, 0) is 0 Å². The van der Waals surface area contributed by atoms with E-state index < -0.39 is 0 Å². The zero-order valence-corrected chi connectivity index (χ0v) is 6.01. The van der Waals surface area contributed by atoms with Gasteiger partial charge in [-0.25, -0.2) is 0 Å². The Kier molecular flexibility index (Phi) is 1.51. The van der Waals surface area contributed by atoms with Gasteiger partial charge in [-0.3, -0.25) is 4.79 Å². The number of hydrogen-bond donors (Lipinski definition) is 0. The van der Waals surface area contributed by atoms with E-state index in [0.29, 0.717) is 0 Å². The fourth-order valence-electron chi connectivity index (χ4n) is 0.492. The Morgan fingerprint density at radius 3 is 2.14 bits per heavy atom. The Morgan fingerprint density at radius 2 is 2.14 bits per heavy atom. The lowest BCUT2D eigenvalue weighted by Gasteiger charge is -2.28. The molecule has 40 valence electrons. The van der Waals surface area contributed by atoms with Crippen molar-refractivity contribution in [3.63, 3.8) is 0 Å². The predicted molar refractivity (Wildman–Crippen MR) is 35.6 cm³/mol. The standard InChI is InChI=1S/C4H6INO/c5-4(7)6-2-1-3-6/h1-3H2. The second kappa shape index (κ2) is 1.98. The normalized spacial score (nSPS) is 18.7. The Bertz CT molecular complexity index is 89.7. The van der Waals surface area contributed by atoms with E-state index in [-0.39, 0.29) is 3.91 Å². The first-order valence-electron chi connectivity index (χ1n) is 2.25. The second-order valence-corrected chi connectivity index (χ2v) is 2.52. The van der Waals surface area contributed by atoms with Crippen LogP contribution in [0, 0.1) is 0 Å². The smallest absolute Gasteiger partial charge is 0.283 e. The number of hydrogen-bond acceptors (Lipinski definition) is 1. The fourth-order valence-corrected chi connectivity index (χ4v) is 0.974. The van der Waals surface area contributed by atoms with Gasteiger partial charge in [-0.1, -0.05) is 0 Å². The van der Waals surface area contributed by atoms with Gasteiger partial charge in [0.2, 0.25) is 0 Å². The first-order valence-corrected chi connectivity index (χ1v) is 3.33. The van der Waals surface area contributed by atoms with E-state index in [4.69, 9.17) is 0 Å². The second-order valence-electron chi connectivity index (χ2n) is 1.59. The van der Waals surface area contributed by atoms with E-state index in [0.717, 1.165) is 13.1 Å². The third kappa shape index (κ3) is 1.05. The third-order valence-electron chi connectivity index (χ3n) is 1.10. The topological polar surface area (TPSA) is 20.3 Å². The molecule has 0 spiro atoms. The van der Waals surface area contributed by atoms with Gasteiger partial charge in [-0.05, 0) is 6.42 Å². The van der Waals surface area contributed by atoms with Crippen LogP contribution < -0.4 is 0 Å². The summed E-state index contributed by atoms with van der Waals surface area (Å²) in [4.78, 5) is 12.2. The van der Waals surface area contributed by atoms with Gasteiger partial charge in [0.15, 0.2) is 0 Å². The first kappa shape index (κ1) is 5.34. The Balaban J connectivity index is 2.27. The van der Waals surface area contributed by atoms with E-state index >= 15 is 0 Å². The molecule has 1 amide bonds. The highest BCUT2D eigenvalue weighted by Gasteiger charge is 2.16. The van der Waals surface area contributed by atoms with Crippen LogP contribution in [0.3, 0.4) is 0 Å². The van der Waals surface area contributed by atoms with Crippen LogP contribution in [0.2, 0.25) is 0 Å². The van der Waals surface area contributed by atoms with Crippen LogP contribution in [0.4, 0.5) is 4.79 Å². The number of nitrogens with zero attached hydrogens (tertiary/aromatic N) is 1. The van der Waals surface area contributed by atoms with Crippen LogP contribution in [0.15, 0.2) is 0 Å². The summed E-state index contributed by atoms with van der Waals surface area (Å²) in [6, 6.07) is 0. The van der Waals surface area contributed by atoms with Gasteiger partial charge in [0.1, 0.15) is 0 Å². The van der Waals surface area contributed by atoms with E-state index in [1.54, 1.807) is 22.6 Å². The maximum Gasteiger partial charge on any atom is 0.283 e. The summed E-state index contributed by atoms with van der Waals surface area (Å²) in [6.45, 7) is 1.95. The molecule has 1 rings (SSSR count). The molecule has 0 saturated carbocycles. The molecule has 7 heavy (non-hydrogen) atoms. The zero-order chi connectivity index (χ0) is 5.28. The molecule has 0 aromatic carbocycles. The van der Waals surface area contributed by atoms with Gasteiger partial charge in [0.25, 0.3) is 3.91 Å². The third-order valence-corrected chi connectivity index (χ3v) is 1.79. The monoisotopic (exact) mass is 211 g/mol. The highest BCUT2D eigenvalue weighted by molar-refractivity contribution is 14.1. The summed E-state index contributed by atoms with van der Waals surface area (Å²) < 4.78 is 0.184. The molecule has 0 atom stereocenters. The van der Waals surface area contributed by atoms with Crippen LogP contribution in [0.25, 0.3) is 0 Å². The molecule has 1 aliphatic rings. The zero-order valence-electron chi connectivity index (χ0n) is 3.85. The number of rotatable bonds is 0. The van der Waals surface area contributed by atoms with Crippen LogP contribution in [0.5, 0.6) is 0 Å². The average Bonchev–Trinajstić information content (AvgIpc) is 1.23. The van der Waals surface area contributed by atoms with E-state index in [1.165, 1.54) is 6.42 Å². The van der Waals surface area contributed by atoms with Crippen molar-refractivity contribution >= 4 is 26.5 Å². The van der Waals surface area contributed by atoms with E-state index in [1.807, 2.05) is 4.90 Å². The van der Waals surface area contributed by atoms with Crippen LogP contribution in [0.1, 0.15) is 6.42 Å². The van der Waals surface area contributed by atoms with Gasteiger partial charge in [0, 0.05) is 35.7 Å². The summed E-state index contributed by atoms with van der Waals surface area (Å²) in [5, 5.41) is 0. The van der Waals surface area contributed by atoms with Crippen LogP contribution >= 0.6 is 22.6 Å². The first-order chi connectivity index (χ1) is 3.30. The summed E-state index contributed by atoms with van der Waals surface area (Å²) in [5.74, 6) is 0. The van der Waals surface area contributed by atoms with Gasteiger partial charge < -0.3 is 4.90 Å². The summed E-state index contributed by atoms with van der Waals surface area (Å²) in [5.41, 5.74) is 0. The van der Waals surface area contributed by atoms with Gasteiger partial charge in [-0.15, -0.1) is 0 Å². The Hall–Kier alpha value is 0.200. The molecule has 3 heteroatoms. The molecule has 0 aromatic rings. The molecule has 0 aromatic heterocycles. The average molecular weight is 211 g/mol. The number of likely N-dealkylation sites (tertiary alicyclic amines) is 1. The largest absolute Gasteiger partial charge is 0.334 e.